The van der Waals surface area contributed by atoms with E-state index in [9.17, 15) is 0 Å². The molecule has 0 saturated carbocycles. The van der Waals surface area contributed by atoms with Gasteiger partial charge in [-0.15, -0.1) is 0 Å². The average Bonchev–Trinajstić information content (AvgIpc) is 3.02. The monoisotopic (exact) mass is 510 g/mol. The van der Waals surface area contributed by atoms with Gasteiger partial charge in [0.2, 0.25) is 0 Å². The summed E-state index contributed by atoms with van der Waals surface area (Å²) < 4.78 is 3.82. The van der Waals surface area contributed by atoms with Crippen molar-refractivity contribution in [2.24, 2.45) is 0 Å². The molecule has 0 N–H and O–H groups in total. The third-order valence-electron chi connectivity index (χ3n) is 4.65. The third kappa shape index (κ3) is 6.95. The number of hydrogen-bond acceptors (Lipinski definition) is 0. The van der Waals surface area contributed by atoms with Gasteiger partial charge in [0.1, 0.15) is 0 Å². The summed E-state index contributed by atoms with van der Waals surface area (Å²) in [6, 6.07) is 2.92. The molecule has 2 rings (SSSR count). The molecular formula is C20H34HfSi2. The van der Waals surface area contributed by atoms with Gasteiger partial charge in [0.05, 0.1) is 0 Å². The van der Waals surface area contributed by atoms with E-state index in [0.717, 1.165) is 0 Å². The van der Waals surface area contributed by atoms with Gasteiger partial charge in [-0.1, -0.05) is 0 Å². The van der Waals surface area contributed by atoms with Crippen LogP contribution < -0.4 is 0 Å². The Bertz CT molecular complexity index is 501. The van der Waals surface area contributed by atoms with Crippen LogP contribution in [0.15, 0.2) is 42.1 Å². The Morgan fingerprint density at radius 1 is 0.739 bits per heavy atom. The molecule has 0 spiro atoms. The van der Waals surface area contributed by atoms with Crippen molar-refractivity contribution >= 4 is 16.1 Å². The molecule has 3 heteroatoms. The summed E-state index contributed by atoms with van der Waals surface area (Å²) in [5.74, 6) is 0. The topological polar surface area (TPSA) is 0 Å². The Balaban J connectivity index is 2.01. The van der Waals surface area contributed by atoms with Crippen LogP contribution in [-0.4, -0.2) is 16.1 Å². The van der Waals surface area contributed by atoms with Crippen LogP contribution in [0.4, 0.5) is 0 Å². The zero-order valence-corrected chi connectivity index (χ0v) is 21.6. The van der Waals surface area contributed by atoms with E-state index in [-0.39, 0.29) is 0 Å². The summed E-state index contributed by atoms with van der Waals surface area (Å²) in [5, 5.41) is 0. The van der Waals surface area contributed by atoms with Crippen molar-refractivity contribution in [2.75, 3.05) is 0 Å². The van der Waals surface area contributed by atoms with Gasteiger partial charge in [-0.05, 0) is 0 Å². The van der Waals surface area contributed by atoms with Gasteiger partial charge in [-0.3, -0.25) is 0 Å². The first-order chi connectivity index (χ1) is 10.6. The van der Waals surface area contributed by atoms with Crippen molar-refractivity contribution in [1.29, 1.82) is 0 Å². The van der Waals surface area contributed by atoms with Crippen LogP contribution >= 0.6 is 0 Å². The van der Waals surface area contributed by atoms with Crippen molar-refractivity contribution in [3.05, 3.63) is 42.1 Å². The molecule has 2 aliphatic rings. The maximum absolute atomic E-state index is 2.51. The molecule has 2 aliphatic carbocycles. The van der Waals surface area contributed by atoms with Crippen molar-refractivity contribution in [1.82, 2.24) is 0 Å². The van der Waals surface area contributed by atoms with Crippen LogP contribution in [0.5, 0.6) is 0 Å². The summed E-state index contributed by atoms with van der Waals surface area (Å²) >= 11 is -0.767. The molecule has 0 radical (unpaired) electrons. The minimum absolute atomic E-state index is 0.767. The first kappa shape index (κ1) is 19.6. The molecule has 0 aromatic rings. The van der Waals surface area contributed by atoms with E-state index in [1.54, 1.807) is 11.1 Å². The predicted octanol–water partition coefficient (Wildman–Crippen LogP) is 6.95. The fraction of sp³-hybridized carbons (Fsp3) is 0.600. The van der Waals surface area contributed by atoms with Crippen molar-refractivity contribution in [2.45, 2.75) is 77.1 Å². The summed E-state index contributed by atoms with van der Waals surface area (Å²) in [6.45, 7) is 15.0. The zero-order chi connectivity index (χ0) is 17.1. The summed E-state index contributed by atoms with van der Waals surface area (Å²) in [5.41, 5.74) is 3.50. The minimum atomic E-state index is -0.912. The fourth-order valence-electron chi connectivity index (χ4n) is 3.03. The van der Waals surface area contributed by atoms with Crippen LogP contribution in [-0.2, 0) is 22.9 Å². The van der Waals surface area contributed by atoms with Crippen LogP contribution in [0.25, 0.3) is 0 Å². The predicted molar refractivity (Wildman–Crippen MR) is 107 cm³/mol. The molecule has 0 atom stereocenters. The quantitative estimate of drug-likeness (QED) is 0.311. The SMILES string of the molecule is C[Si](C)(C)CCC1=[C]([Hf][C]2=C(CC[Si](C)(C)C)C=CC2)CC=C1. The van der Waals surface area contributed by atoms with Crippen LogP contribution in [0.3, 0.4) is 0 Å². The van der Waals surface area contributed by atoms with Crippen molar-refractivity contribution in [3.8, 4) is 0 Å². The van der Waals surface area contributed by atoms with E-state index in [1.807, 2.05) is 6.66 Å². The van der Waals surface area contributed by atoms with Crippen molar-refractivity contribution < 1.29 is 22.9 Å². The van der Waals surface area contributed by atoms with Gasteiger partial charge in [-0.25, -0.2) is 0 Å². The molecule has 0 saturated heterocycles. The first-order valence-electron chi connectivity index (χ1n) is 9.18. The third-order valence-corrected chi connectivity index (χ3v) is 14.1. The summed E-state index contributed by atoms with van der Waals surface area (Å²) in [7, 11) is -1.82. The molecule has 0 aromatic heterocycles. The van der Waals surface area contributed by atoms with Gasteiger partial charge in [-0.2, -0.15) is 0 Å². The van der Waals surface area contributed by atoms with Crippen LogP contribution in [0.2, 0.25) is 51.4 Å². The Morgan fingerprint density at radius 2 is 1.13 bits per heavy atom. The van der Waals surface area contributed by atoms with Gasteiger partial charge in [0, 0.05) is 0 Å². The van der Waals surface area contributed by atoms with Gasteiger partial charge >= 0.3 is 158 Å². The standard InChI is InChI=1S/2C10H17Si.Hf/c2*1-11(2,3)9-8-10-6-4-5-7-10;/h2*4,6H,5,8-9H2,1-3H3;. The summed E-state index contributed by atoms with van der Waals surface area (Å²) in [4.78, 5) is 0. The first-order valence-corrected chi connectivity index (χ1v) is 20.2. The van der Waals surface area contributed by atoms with Crippen LogP contribution in [0, 0.1) is 0 Å². The second kappa shape index (κ2) is 8.10. The second-order valence-electron chi connectivity index (χ2n) is 9.47. The molecule has 0 heterocycles. The molecule has 0 bridgehead atoms. The Labute approximate surface area is 157 Å². The number of allylic oxidation sites excluding steroid dienone is 8. The van der Waals surface area contributed by atoms with Crippen LogP contribution in [0.1, 0.15) is 25.7 Å². The maximum atomic E-state index is 2.51. The molecule has 0 aromatic carbocycles. The molecule has 23 heavy (non-hydrogen) atoms. The Kier molecular flexibility index (Phi) is 6.89. The van der Waals surface area contributed by atoms with E-state index in [0.29, 0.717) is 0 Å². The van der Waals surface area contributed by atoms with Crippen molar-refractivity contribution in [3.63, 3.8) is 0 Å². The molecule has 0 fully saturated rings. The molecule has 0 nitrogen and oxygen atoms in total. The molecule has 126 valence electrons. The van der Waals surface area contributed by atoms with Gasteiger partial charge in [0.15, 0.2) is 0 Å². The molecule has 0 aliphatic heterocycles. The van der Waals surface area contributed by atoms with E-state index in [1.165, 1.54) is 37.8 Å². The number of hydrogen-bond donors (Lipinski definition) is 0. The zero-order valence-electron chi connectivity index (χ0n) is 16.1. The normalized spacial score (nSPS) is 18.5. The molecule has 0 amide bonds. The van der Waals surface area contributed by atoms with Gasteiger partial charge < -0.3 is 0 Å². The summed E-state index contributed by atoms with van der Waals surface area (Å²) in [6.07, 6.45) is 15.1. The van der Waals surface area contributed by atoms with E-state index < -0.39 is 39.1 Å². The molecular weight excluding hydrogens is 475 g/mol. The molecule has 0 unspecified atom stereocenters. The van der Waals surface area contributed by atoms with Gasteiger partial charge in [0.25, 0.3) is 0 Å². The average molecular weight is 509 g/mol. The van der Waals surface area contributed by atoms with E-state index in [2.05, 4.69) is 63.6 Å². The number of rotatable bonds is 8. The fourth-order valence-corrected chi connectivity index (χ4v) is 10.6. The van der Waals surface area contributed by atoms with E-state index >= 15 is 0 Å². The Hall–Kier alpha value is 0.264. The van der Waals surface area contributed by atoms with E-state index in [4.69, 9.17) is 0 Å². The second-order valence-corrected chi connectivity index (χ2v) is 25.9. The Morgan fingerprint density at radius 3 is 1.48 bits per heavy atom.